The maximum absolute atomic E-state index is 12.7. The zero-order valence-corrected chi connectivity index (χ0v) is 13.8. The predicted octanol–water partition coefficient (Wildman–Crippen LogP) is 2.66. The Hall–Kier alpha value is -1.15. The summed E-state index contributed by atoms with van der Waals surface area (Å²) < 4.78 is 32.3. The molecule has 5 nitrogen and oxygen atoms in total. The second-order valence-electron chi connectivity index (χ2n) is 4.56. The lowest BCUT2D eigenvalue weighted by molar-refractivity contribution is 0.376. The molecule has 0 bridgehead atoms. The van der Waals surface area contributed by atoms with Gasteiger partial charge in [0.1, 0.15) is 9.97 Å². The van der Waals surface area contributed by atoms with E-state index in [-0.39, 0.29) is 6.54 Å². The molecular weight excluding hydrogens is 308 g/mol. The van der Waals surface area contributed by atoms with E-state index < -0.39 is 10.0 Å². The molecule has 0 aliphatic carbocycles. The highest BCUT2D eigenvalue weighted by Gasteiger charge is 2.25. The van der Waals surface area contributed by atoms with Crippen LogP contribution in [0, 0.1) is 0 Å². The van der Waals surface area contributed by atoms with E-state index in [4.69, 9.17) is 4.42 Å². The first kappa shape index (κ1) is 16.2. The van der Waals surface area contributed by atoms with E-state index in [9.17, 15) is 8.42 Å². The molecule has 21 heavy (non-hydrogen) atoms. The number of rotatable bonds is 8. The van der Waals surface area contributed by atoms with E-state index in [0.29, 0.717) is 23.1 Å². The first-order chi connectivity index (χ1) is 10.1. The Morgan fingerprint density at radius 2 is 2.19 bits per heavy atom. The summed E-state index contributed by atoms with van der Waals surface area (Å²) in [4.78, 5) is 0. The van der Waals surface area contributed by atoms with Gasteiger partial charge in [0, 0.05) is 13.1 Å². The van der Waals surface area contributed by atoms with E-state index in [2.05, 4.69) is 5.32 Å². The molecular formula is C14H20N2O3S2. The van der Waals surface area contributed by atoms with Crippen LogP contribution in [0.5, 0.6) is 0 Å². The largest absolute Gasteiger partial charge is 0.468 e. The summed E-state index contributed by atoms with van der Waals surface area (Å²) >= 11 is 1.26. The van der Waals surface area contributed by atoms with E-state index in [0.717, 1.165) is 12.1 Å². The zero-order chi connectivity index (χ0) is 15.3. The van der Waals surface area contributed by atoms with Crippen LogP contribution in [0.4, 0.5) is 0 Å². The third kappa shape index (κ3) is 3.94. The first-order valence-corrected chi connectivity index (χ1v) is 9.20. The van der Waals surface area contributed by atoms with Gasteiger partial charge in [0.2, 0.25) is 0 Å². The third-order valence-corrected chi connectivity index (χ3v) is 6.45. The fraction of sp³-hybridized carbons (Fsp3) is 0.429. The Balaban J connectivity index is 2.16. The Bertz CT molecular complexity index is 648. The van der Waals surface area contributed by atoms with Crippen molar-refractivity contribution in [3.8, 4) is 0 Å². The van der Waals surface area contributed by atoms with Crippen LogP contribution in [0.3, 0.4) is 0 Å². The molecule has 1 N–H and O–H groups in total. The van der Waals surface area contributed by atoms with Gasteiger partial charge in [0.25, 0.3) is 10.0 Å². The van der Waals surface area contributed by atoms with Crippen molar-refractivity contribution in [2.24, 2.45) is 0 Å². The summed E-state index contributed by atoms with van der Waals surface area (Å²) in [5, 5.41) is 5.08. The van der Waals surface area contributed by atoms with Gasteiger partial charge in [-0.25, -0.2) is 8.42 Å². The summed E-state index contributed by atoms with van der Waals surface area (Å²) in [6.45, 7) is 6.06. The van der Waals surface area contributed by atoms with E-state index in [1.165, 1.54) is 15.6 Å². The number of sulfonamides is 1. The Morgan fingerprint density at radius 1 is 1.38 bits per heavy atom. The minimum absolute atomic E-state index is 0.256. The van der Waals surface area contributed by atoms with Crippen LogP contribution in [0.2, 0.25) is 0 Å². The van der Waals surface area contributed by atoms with Crippen LogP contribution in [0.15, 0.2) is 38.5 Å². The molecule has 0 unspecified atom stereocenters. The minimum atomic E-state index is -3.47. The number of furan rings is 1. The van der Waals surface area contributed by atoms with Crippen molar-refractivity contribution in [2.75, 3.05) is 13.1 Å². The Labute approximate surface area is 129 Å². The van der Waals surface area contributed by atoms with Crippen LogP contribution in [-0.2, 0) is 23.1 Å². The molecule has 2 aromatic rings. The molecule has 0 aliphatic heterocycles. The molecule has 0 aliphatic rings. The average molecular weight is 328 g/mol. The van der Waals surface area contributed by atoms with Crippen molar-refractivity contribution in [1.82, 2.24) is 9.62 Å². The number of hydrogen-bond acceptors (Lipinski definition) is 5. The monoisotopic (exact) mass is 328 g/mol. The van der Waals surface area contributed by atoms with Crippen molar-refractivity contribution < 1.29 is 12.8 Å². The number of hydrogen-bond donors (Lipinski definition) is 1. The summed E-state index contributed by atoms with van der Waals surface area (Å²) in [6.07, 6.45) is 1.55. The van der Waals surface area contributed by atoms with E-state index >= 15 is 0 Å². The van der Waals surface area contributed by atoms with Crippen molar-refractivity contribution in [1.29, 1.82) is 0 Å². The van der Waals surface area contributed by atoms with Gasteiger partial charge in [-0.2, -0.15) is 4.31 Å². The highest BCUT2D eigenvalue weighted by molar-refractivity contribution is 7.91. The topological polar surface area (TPSA) is 62.6 Å². The van der Waals surface area contributed by atoms with Gasteiger partial charge in [-0.15, -0.1) is 11.3 Å². The molecule has 0 radical (unpaired) electrons. The average Bonchev–Trinajstić information content (AvgIpc) is 3.13. The number of nitrogens with one attached hydrogen (secondary N) is 1. The smallest absolute Gasteiger partial charge is 0.252 e. The second kappa shape index (κ2) is 7.22. The van der Waals surface area contributed by atoms with Crippen molar-refractivity contribution in [3.05, 3.63) is 41.2 Å². The van der Waals surface area contributed by atoms with E-state index in [1.54, 1.807) is 24.5 Å². The molecule has 2 aromatic heterocycles. The number of nitrogens with zero attached hydrogens (tertiary/aromatic N) is 1. The molecule has 0 atom stereocenters. The highest BCUT2D eigenvalue weighted by atomic mass is 32.2. The Kier molecular flexibility index (Phi) is 5.58. The summed E-state index contributed by atoms with van der Waals surface area (Å²) in [7, 11) is -3.47. The minimum Gasteiger partial charge on any atom is -0.468 e. The van der Waals surface area contributed by atoms with Gasteiger partial charge >= 0.3 is 0 Å². The molecule has 7 heteroatoms. The quantitative estimate of drug-likeness (QED) is 0.809. The maximum Gasteiger partial charge on any atom is 0.252 e. The molecule has 2 rings (SSSR count). The summed E-state index contributed by atoms with van der Waals surface area (Å²) in [5.74, 6) is 0.643. The SMILES string of the molecule is CCNCc1csc(S(=O)(=O)N(CC)Cc2ccco2)c1. The lowest BCUT2D eigenvalue weighted by Crippen LogP contribution is -2.29. The normalized spacial score (nSPS) is 12.1. The van der Waals surface area contributed by atoms with Gasteiger partial charge in [0.15, 0.2) is 0 Å². The van der Waals surface area contributed by atoms with Crippen LogP contribution in [0.25, 0.3) is 0 Å². The van der Waals surface area contributed by atoms with Crippen LogP contribution < -0.4 is 5.32 Å². The second-order valence-corrected chi connectivity index (χ2v) is 7.64. The summed E-state index contributed by atoms with van der Waals surface area (Å²) in [5.41, 5.74) is 0.995. The van der Waals surface area contributed by atoms with Crippen LogP contribution >= 0.6 is 11.3 Å². The summed E-state index contributed by atoms with van der Waals surface area (Å²) in [6, 6.07) is 5.28. The molecule has 116 valence electrons. The van der Waals surface area contributed by atoms with Crippen molar-refractivity contribution in [3.63, 3.8) is 0 Å². The molecule has 0 saturated heterocycles. The lowest BCUT2D eigenvalue weighted by Gasteiger charge is -2.18. The van der Waals surface area contributed by atoms with Gasteiger partial charge in [-0.05, 0) is 35.7 Å². The van der Waals surface area contributed by atoms with Gasteiger partial charge in [-0.3, -0.25) is 0 Å². The molecule has 0 aromatic carbocycles. The lowest BCUT2D eigenvalue weighted by atomic mass is 10.3. The standard InChI is InChI=1S/C14H20N2O3S2/c1-3-15-9-12-8-14(20-11-12)21(17,18)16(4-2)10-13-6-5-7-19-13/h5-8,11,15H,3-4,9-10H2,1-2H3. The fourth-order valence-electron chi connectivity index (χ4n) is 1.92. The van der Waals surface area contributed by atoms with Gasteiger partial charge in [-0.1, -0.05) is 13.8 Å². The van der Waals surface area contributed by atoms with Crippen molar-refractivity contribution >= 4 is 21.4 Å². The fourth-order valence-corrected chi connectivity index (χ4v) is 4.70. The zero-order valence-electron chi connectivity index (χ0n) is 12.2. The van der Waals surface area contributed by atoms with Gasteiger partial charge in [0.05, 0.1) is 12.8 Å². The van der Waals surface area contributed by atoms with Crippen LogP contribution in [-0.4, -0.2) is 25.8 Å². The van der Waals surface area contributed by atoms with E-state index in [1.807, 2.05) is 19.2 Å². The molecule has 2 heterocycles. The van der Waals surface area contributed by atoms with Crippen molar-refractivity contribution in [2.45, 2.75) is 31.1 Å². The Morgan fingerprint density at radius 3 is 2.81 bits per heavy atom. The molecule has 0 saturated carbocycles. The third-order valence-electron chi connectivity index (χ3n) is 3.07. The molecule has 0 amide bonds. The maximum atomic E-state index is 12.7. The predicted molar refractivity (Wildman–Crippen MR) is 83.7 cm³/mol. The van der Waals surface area contributed by atoms with Crippen LogP contribution in [0.1, 0.15) is 25.2 Å². The van der Waals surface area contributed by atoms with Gasteiger partial charge < -0.3 is 9.73 Å². The molecule has 0 fully saturated rings. The highest BCUT2D eigenvalue weighted by Crippen LogP contribution is 2.25. The molecule has 0 spiro atoms. The first-order valence-electron chi connectivity index (χ1n) is 6.88. The number of thiophene rings is 1.